The number of fused-ring (bicyclic) bond motifs is 1. The van der Waals surface area contributed by atoms with Crippen LogP contribution in [0.15, 0.2) is 73.1 Å². The van der Waals surface area contributed by atoms with E-state index >= 15 is 0 Å². The minimum Gasteiger partial charge on any atom is -0.481 e. The summed E-state index contributed by atoms with van der Waals surface area (Å²) >= 11 is 0. The van der Waals surface area contributed by atoms with Gasteiger partial charge in [0.1, 0.15) is 0 Å². The van der Waals surface area contributed by atoms with Gasteiger partial charge in [0, 0.05) is 41.1 Å². The van der Waals surface area contributed by atoms with Crippen LogP contribution in [-0.2, 0) is 32.9 Å². The molecule has 0 unspecified atom stereocenters. The van der Waals surface area contributed by atoms with Gasteiger partial charge in [-0.15, -0.1) is 0 Å². The molecule has 234 valence electrons. The maximum Gasteiger partial charge on any atom is 0.336 e. The van der Waals surface area contributed by atoms with Gasteiger partial charge in [0.25, 0.3) is 0 Å². The molecule has 0 radical (unpaired) electrons. The van der Waals surface area contributed by atoms with Crippen molar-refractivity contribution in [2.75, 3.05) is 14.1 Å². The quantitative estimate of drug-likeness (QED) is 0.166. The molecule has 2 aromatic carbocycles. The number of aliphatic hydroxyl groups is 1. The SMILES string of the molecule is CN(C)C1(c2ccccc2)CCC(c2[nH]c3ccccc3c2CCn2cccn2)CC1.O=C(O)CC(O)(CC(=O)O)C(=O)O. The highest BCUT2D eigenvalue weighted by Gasteiger charge is 2.41. The normalized spacial score (nSPS) is 18.5. The number of hydrogen-bond donors (Lipinski definition) is 5. The molecular formula is C33H40N4O7. The van der Waals surface area contributed by atoms with Crippen LogP contribution in [0.3, 0.4) is 0 Å². The smallest absolute Gasteiger partial charge is 0.336 e. The van der Waals surface area contributed by atoms with E-state index in [1.807, 2.05) is 16.9 Å². The summed E-state index contributed by atoms with van der Waals surface area (Å²) in [7, 11) is 4.48. The van der Waals surface area contributed by atoms with E-state index in [1.54, 1.807) is 0 Å². The molecular weight excluding hydrogens is 564 g/mol. The minimum absolute atomic E-state index is 0.138. The average Bonchev–Trinajstić information content (AvgIpc) is 3.64. The van der Waals surface area contributed by atoms with Gasteiger partial charge in [-0.2, -0.15) is 5.10 Å². The van der Waals surface area contributed by atoms with Gasteiger partial charge in [0.05, 0.1) is 12.8 Å². The highest BCUT2D eigenvalue weighted by Crippen LogP contribution is 2.47. The zero-order valence-corrected chi connectivity index (χ0v) is 25.0. The average molecular weight is 605 g/mol. The highest BCUT2D eigenvalue weighted by atomic mass is 16.4. The van der Waals surface area contributed by atoms with Crippen LogP contribution in [0.25, 0.3) is 10.9 Å². The molecule has 1 aliphatic rings. The van der Waals surface area contributed by atoms with Gasteiger partial charge in [-0.3, -0.25) is 19.2 Å². The van der Waals surface area contributed by atoms with Crippen LogP contribution in [0.1, 0.15) is 61.3 Å². The predicted octanol–water partition coefficient (Wildman–Crippen LogP) is 4.47. The van der Waals surface area contributed by atoms with Crippen LogP contribution in [0.5, 0.6) is 0 Å². The second-order valence-electron chi connectivity index (χ2n) is 11.6. The second-order valence-corrected chi connectivity index (χ2v) is 11.6. The molecule has 0 atom stereocenters. The lowest BCUT2D eigenvalue weighted by molar-refractivity contribution is -0.170. The molecule has 4 aromatic rings. The maximum atomic E-state index is 10.3. The van der Waals surface area contributed by atoms with Crippen molar-refractivity contribution < 1.29 is 34.8 Å². The molecule has 5 rings (SSSR count). The second kappa shape index (κ2) is 13.9. The fraction of sp³-hybridized carbons (Fsp3) is 0.394. The first-order chi connectivity index (χ1) is 20.9. The third-order valence-electron chi connectivity index (χ3n) is 8.67. The van der Waals surface area contributed by atoms with Crippen molar-refractivity contribution in [2.45, 2.75) is 68.5 Å². The van der Waals surface area contributed by atoms with Crippen molar-refractivity contribution in [1.29, 1.82) is 0 Å². The number of aryl methyl sites for hydroxylation is 2. The number of benzene rings is 2. The van der Waals surface area contributed by atoms with E-state index in [2.05, 4.69) is 89.9 Å². The summed E-state index contributed by atoms with van der Waals surface area (Å²) < 4.78 is 2.04. The minimum atomic E-state index is -2.74. The highest BCUT2D eigenvalue weighted by molar-refractivity contribution is 5.88. The molecule has 0 saturated heterocycles. The van der Waals surface area contributed by atoms with Crippen molar-refractivity contribution in [3.8, 4) is 0 Å². The monoisotopic (exact) mass is 604 g/mol. The summed E-state index contributed by atoms with van der Waals surface area (Å²) in [6.45, 7) is 0.917. The lowest BCUT2D eigenvalue weighted by Gasteiger charge is -2.45. The van der Waals surface area contributed by atoms with Gasteiger partial charge in [-0.1, -0.05) is 48.5 Å². The zero-order valence-electron chi connectivity index (χ0n) is 25.0. The number of carboxylic acids is 3. The standard InChI is InChI=1S/C27H32N4.C6H8O7/c1-30(2)27(22-9-4-3-5-10-22)16-13-21(14-17-27)26-24(15-20-31-19-8-18-28-31)23-11-6-7-12-25(23)29-26;7-3(8)1-6(13,5(11)12)2-4(9)10/h3-12,18-19,21,29H,13-17,20H2,1-2H3;13H,1-2H2,(H,7,8)(H,9,10)(H,11,12). The lowest BCUT2D eigenvalue weighted by Crippen LogP contribution is -2.44. The first-order valence-electron chi connectivity index (χ1n) is 14.6. The number of hydrogen-bond acceptors (Lipinski definition) is 6. The topological polar surface area (TPSA) is 169 Å². The van der Waals surface area contributed by atoms with E-state index in [0.717, 1.165) is 13.0 Å². The van der Waals surface area contributed by atoms with E-state index in [9.17, 15) is 14.4 Å². The Labute approximate surface area is 255 Å². The molecule has 0 spiro atoms. The Balaban J connectivity index is 0.000000289. The van der Waals surface area contributed by atoms with Crippen LogP contribution < -0.4 is 0 Å². The third-order valence-corrected chi connectivity index (χ3v) is 8.67. The molecule has 1 aliphatic carbocycles. The van der Waals surface area contributed by atoms with Gasteiger partial charge >= 0.3 is 17.9 Å². The number of para-hydroxylation sites is 1. The van der Waals surface area contributed by atoms with E-state index in [0.29, 0.717) is 5.92 Å². The van der Waals surface area contributed by atoms with Crippen LogP contribution in [0.4, 0.5) is 0 Å². The Bertz CT molecular complexity index is 1540. The molecule has 5 N–H and O–H groups in total. The van der Waals surface area contributed by atoms with Gasteiger partial charge in [0.15, 0.2) is 5.60 Å². The van der Waals surface area contributed by atoms with Gasteiger partial charge in [0.2, 0.25) is 0 Å². The number of nitrogens with one attached hydrogen (secondary N) is 1. The number of aromatic nitrogens is 3. The summed E-state index contributed by atoms with van der Waals surface area (Å²) in [6.07, 6.45) is 7.41. The van der Waals surface area contributed by atoms with Gasteiger partial charge in [-0.05, 0) is 75.4 Å². The van der Waals surface area contributed by atoms with Gasteiger partial charge < -0.3 is 25.4 Å². The Morgan fingerprint density at radius 1 is 0.955 bits per heavy atom. The lowest BCUT2D eigenvalue weighted by atomic mass is 9.70. The number of H-pyrrole nitrogens is 1. The molecule has 0 aliphatic heterocycles. The number of aliphatic carboxylic acids is 3. The van der Waals surface area contributed by atoms with Crippen molar-refractivity contribution in [2.24, 2.45) is 0 Å². The molecule has 11 nitrogen and oxygen atoms in total. The first kappa shape index (κ1) is 32.4. The third kappa shape index (κ3) is 7.35. The largest absolute Gasteiger partial charge is 0.481 e. The molecule has 1 saturated carbocycles. The molecule has 0 bridgehead atoms. The van der Waals surface area contributed by atoms with E-state index in [-0.39, 0.29) is 5.54 Å². The van der Waals surface area contributed by atoms with Crippen molar-refractivity contribution in [3.05, 3.63) is 89.9 Å². The first-order valence-corrected chi connectivity index (χ1v) is 14.6. The van der Waals surface area contributed by atoms with Crippen molar-refractivity contribution in [3.63, 3.8) is 0 Å². The number of carboxylic acid groups (broad SMARTS) is 3. The summed E-state index contributed by atoms with van der Waals surface area (Å²) in [5.41, 5.74) is 3.05. The Hall–Kier alpha value is -4.48. The molecule has 2 aromatic heterocycles. The van der Waals surface area contributed by atoms with E-state index in [1.165, 1.54) is 53.4 Å². The summed E-state index contributed by atoms with van der Waals surface area (Å²) in [5, 5.41) is 39.6. The predicted molar refractivity (Wildman–Crippen MR) is 164 cm³/mol. The van der Waals surface area contributed by atoms with Crippen LogP contribution in [0, 0.1) is 0 Å². The fourth-order valence-electron chi connectivity index (χ4n) is 6.34. The number of carbonyl (C=O) groups is 3. The molecule has 0 amide bonds. The number of nitrogens with zero attached hydrogens (tertiary/aromatic N) is 3. The van der Waals surface area contributed by atoms with Crippen LogP contribution in [-0.4, -0.2) is 77.7 Å². The summed E-state index contributed by atoms with van der Waals surface area (Å²) in [4.78, 5) is 36.7. The van der Waals surface area contributed by atoms with Crippen LogP contribution in [0.2, 0.25) is 0 Å². The van der Waals surface area contributed by atoms with E-state index < -0.39 is 36.4 Å². The van der Waals surface area contributed by atoms with Crippen LogP contribution >= 0.6 is 0 Å². The number of aromatic amines is 1. The number of rotatable bonds is 11. The molecule has 1 fully saturated rings. The van der Waals surface area contributed by atoms with Crippen molar-refractivity contribution in [1.82, 2.24) is 19.7 Å². The van der Waals surface area contributed by atoms with Crippen molar-refractivity contribution >= 4 is 28.8 Å². The Morgan fingerprint density at radius 2 is 1.57 bits per heavy atom. The Kier molecular flexibility index (Phi) is 10.2. The zero-order chi connectivity index (χ0) is 31.9. The van der Waals surface area contributed by atoms with E-state index in [4.69, 9.17) is 20.4 Å². The Morgan fingerprint density at radius 3 is 2.11 bits per heavy atom. The fourth-order valence-corrected chi connectivity index (χ4v) is 6.34. The summed E-state index contributed by atoms with van der Waals surface area (Å²) in [6, 6.07) is 21.9. The molecule has 11 heteroatoms. The summed E-state index contributed by atoms with van der Waals surface area (Å²) in [5.74, 6) is -4.44. The molecule has 2 heterocycles. The van der Waals surface area contributed by atoms with Gasteiger partial charge in [-0.25, -0.2) is 4.79 Å². The maximum absolute atomic E-state index is 10.3. The molecule has 44 heavy (non-hydrogen) atoms.